The normalized spacial score (nSPS) is 11.6. The Balaban J connectivity index is 1.43. The number of aromatic nitrogens is 1. The Hall–Kier alpha value is -3.57. The summed E-state index contributed by atoms with van der Waals surface area (Å²) in [7, 11) is 0. The molecule has 0 aliphatic heterocycles. The molecule has 5 aromatic rings. The van der Waals surface area contributed by atoms with Gasteiger partial charge in [0.1, 0.15) is 10.7 Å². The van der Waals surface area contributed by atoms with Crippen molar-refractivity contribution in [2.24, 2.45) is 10.2 Å². The fourth-order valence-electron chi connectivity index (χ4n) is 3.32. The van der Waals surface area contributed by atoms with Gasteiger partial charge in [-0.3, -0.25) is 0 Å². The minimum atomic E-state index is 0.147. The lowest BCUT2D eigenvalue weighted by Crippen LogP contribution is -1.77. The average molecular weight is 395 g/mol. The highest BCUT2D eigenvalue weighted by molar-refractivity contribution is 7.21. The molecule has 1 aromatic heterocycles. The first-order chi connectivity index (χ1) is 14.2. The molecule has 5 heteroatoms. The van der Waals surface area contributed by atoms with Gasteiger partial charge in [-0.1, -0.05) is 42.5 Å². The smallest absolute Gasteiger partial charge is 0.150 e. The van der Waals surface area contributed by atoms with Crippen LogP contribution in [0.1, 0.15) is 5.56 Å². The fraction of sp³-hybridized carbons (Fsp3) is 0.0417. The predicted octanol–water partition coefficient (Wildman–Crippen LogP) is 7.55. The molecule has 0 radical (unpaired) electrons. The van der Waals surface area contributed by atoms with E-state index in [-0.39, 0.29) is 5.75 Å². The molecule has 0 spiro atoms. The molecule has 0 unspecified atom stereocenters. The summed E-state index contributed by atoms with van der Waals surface area (Å²) in [6.45, 7) is 2.08. The predicted molar refractivity (Wildman–Crippen MR) is 120 cm³/mol. The second-order valence-electron chi connectivity index (χ2n) is 6.84. The van der Waals surface area contributed by atoms with E-state index in [4.69, 9.17) is 4.98 Å². The van der Waals surface area contributed by atoms with E-state index in [1.165, 1.54) is 10.3 Å². The number of nitrogens with zero attached hydrogens (tertiary/aromatic N) is 3. The largest absolute Gasteiger partial charge is 0.505 e. The summed E-state index contributed by atoms with van der Waals surface area (Å²) in [5, 5.41) is 21.7. The van der Waals surface area contributed by atoms with Crippen LogP contribution in [0.2, 0.25) is 0 Å². The van der Waals surface area contributed by atoms with Crippen molar-refractivity contribution >= 4 is 43.7 Å². The van der Waals surface area contributed by atoms with E-state index in [9.17, 15) is 5.11 Å². The number of phenolic OH excluding ortho intramolecular Hbond substituents is 1. The first-order valence-electron chi connectivity index (χ1n) is 9.28. The van der Waals surface area contributed by atoms with Crippen molar-refractivity contribution in [3.63, 3.8) is 0 Å². The van der Waals surface area contributed by atoms with E-state index < -0.39 is 0 Å². The molecule has 0 saturated heterocycles. The van der Waals surface area contributed by atoms with Gasteiger partial charge >= 0.3 is 0 Å². The molecule has 1 N–H and O–H groups in total. The molecule has 4 aromatic carbocycles. The average Bonchev–Trinajstić information content (AvgIpc) is 3.20. The molecule has 1 heterocycles. The van der Waals surface area contributed by atoms with Crippen LogP contribution in [0, 0.1) is 6.92 Å². The van der Waals surface area contributed by atoms with Gasteiger partial charge in [-0.2, -0.15) is 5.11 Å². The molecule has 0 fully saturated rings. The van der Waals surface area contributed by atoms with Crippen LogP contribution >= 0.6 is 11.3 Å². The van der Waals surface area contributed by atoms with E-state index >= 15 is 0 Å². The van der Waals surface area contributed by atoms with Gasteiger partial charge in [0.2, 0.25) is 0 Å². The van der Waals surface area contributed by atoms with Gasteiger partial charge in [-0.25, -0.2) is 4.98 Å². The molecule has 5 rings (SSSR count). The number of para-hydroxylation sites is 1. The maximum Gasteiger partial charge on any atom is 0.150 e. The first-order valence-corrected chi connectivity index (χ1v) is 10.1. The highest BCUT2D eigenvalue weighted by Gasteiger charge is 2.08. The van der Waals surface area contributed by atoms with Crippen LogP contribution in [0.25, 0.3) is 31.6 Å². The number of aromatic hydroxyl groups is 1. The number of hydrogen-bond donors (Lipinski definition) is 1. The number of phenols is 1. The monoisotopic (exact) mass is 395 g/mol. The van der Waals surface area contributed by atoms with Crippen molar-refractivity contribution in [3.8, 4) is 16.3 Å². The van der Waals surface area contributed by atoms with Gasteiger partial charge in [-0.15, -0.1) is 16.5 Å². The van der Waals surface area contributed by atoms with E-state index in [0.29, 0.717) is 5.69 Å². The van der Waals surface area contributed by atoms with Crippen molar-refractivity contribution in [1.29, 1.82) is 0 Å². The molecule has 140 valence electrons. The van der Waals surface area contributed by atoms with Crippen molar-refractivity contribution < 1.29 is 5.11 Å². The lowest BCUT2D eigenvalue weighted by atomic mass is 10.1. The molecule has 4 nitrogen and oxygen atoms in total. The summed E-state index contributed by atoms with van der Waals surface area (Å²) in [6.07, 6.45) is 0. The Labute approximate surface area is 171 Å². The van der Waals surface area contributed by atoms with E-state index in [0.717, 1.165) is 32.5 Å². The van der Waals surface area contributed by atoms with Crippen LogP contribution in [0.4, 0.5) is 11.4 Å². The van der Waals surface area contributed by atoms with E-state index in [2.05, 4.69) is 35.4 Å². The number of rotatable bonds is 3. The quantitative estimate of drug-likeness (QED) is 0.321. The summed E-state index contributed by atoms with van der Waals surface area (Å²) in [4.78, 5) is 4.78. The van der Waals surface area contributed by atoms with Crippen molar-refractivity contribution in [2.45, 2.75) is 6.92 Å². The molecule has 0 aliphatic rings. The minimum Gasteiger partial charge on any atom is -0.505 e. The molecule has 0 bridgehead atoms. The van der Waals surface area contributed by atoms with Crippen LogP contribution in [0.15, 0.2) is 89.1 Å². The molecular weight excluding hydrogens is 378 g/mol. The number of fused-ring (bicyclic) bond motifs is 2. The SMILES string of the molecule is Cc1cccc2sc(-c3ccc(/N=N/c4ccc5ccccc5c4O)cc3)nc12. The second kappa shape index (κ2) is 7.11. The number of hydrogen-bond acceptors (Lipinski definition) is 5. The van der Waals surface area contributed by atoms with Crippen LogP contribution < -0.4 is 0 Å². The van der Waals surface area contributed by atoms with E-state index in [1.807, 2.05) is 54.6 Å². The van der Waals surface area contributed by atoms with Crippen LogP contribution in [-0.2, 0) is 0 Å². The van der Waals surface area contributed by atoms with Gasteiger partial charge in [0, 0.05) is 10.9 Å². The van der Waals surface area contributed by atoms with Crippen molar-refractivity contribution in [2.75, 3.05) is 0 Å². The lowest BCUT2D eigenvalue weighted by molar-refractivity contribution is 0.482. The zero-order chi connectivity index (χ0) is 19.8. The summed E-state index contributed by atoms with van der Waals surface area (Å²) in [5.74, 6) is 0.147. The Morgan fingerprint density at radius 3 is 2.48 bits per heavy atom. The third kappa shape index (κ3) is 3.26. The van der Waals surface area contributed by atoms with Crippen molar-refractivity contribution in [3.05, 3.63) is 84.4 Å². The number of aryl methyl sites for hydroxylation is 1. The molecule has 29 heavy (non-hydrogen) atoms. The zero-order valence-corrected chi connectivity index (χ0v) is 16.5. The minimum absolute atomic E-state index is 0.147. The summed E-state index contributed by atoms with van der Waals surface area (Å²) in [5.41, 5.74) is 4.47. The topological polar surface area (TPSA) is 57.8 Å². The standard InChI is InChI=1S/C24H17N3OS/c1-15-5-4-8-21-22(15)25-24(29-21)17-9-12-18(13-10-17)26-27-20-14-11-16-6-2-3-7-19(16)23(20)28/h2-14,28H,1H3/b27-26+. The van der Waals surface area contributed by atoms with Gasteiger partial charge in [0.15, 0.2) is 5.75 Å². The van der Waals surface area contributed by atoms with Gasteiger partial charge in [0.05, 0.1) is 15.9 Å². The maximum atomic E-state index is 10.5. The third-order valence-corrected chi connectivity index (χ3v) is 5.96. The van der Waals surface area contributed by atoms with Crippen LogP contribution in [-0.4, -0.2) is 10.1 Å². The highest BCUT2D eigenvalue weighted by Crippen LogP contribution is 2.36. The van der Waals surface area contributed by atoms with Crippen LogP contribution in [0.3, 0.4) is 0 Å². The lowest BCUT2D eigenvalue weighted by Gasteiger charge is -2.03. The zero-order valence-electron chi connectivity index (χ0n) is 15.7. The highest BCUT2D eigenvalue weighted by atomic mass is 32.1. The number of benzene rings is 4. The summed E-state index contributed by atoms with van der Waals surface area (Å²) < 4.78 is 1.19. The van der Waals surface area contributed by atoms with E-state index in [1.54, 1.807) is 17.4 Å². The Morgan fingerprint density at radius 1 is 0.828 bits per heavy atom. The molecular formula is C24H17N3OS. The molecule has 0 saturated carbocycles. The molecule has 0 aliphatic carbocycles. The Morgan fingerprint density at radius 2 is 1.66 bits per heavy atom. The molecule has 0 amide bonds. The van der Waals surface area contributed by atoms with Crippen molar-refractivity contribution in [1.82, 2.24) is 4.98 Å². The summed E-state index contributed by atoms with van der Waals surface area (Å²) in [6, 6.07) is 25.4. The van der Waals surface area contributed by atoms with Gasteiger partial charge in [-0.05, 0) is 54.3 Å². The second-order valence-corrected chi connectivity index (χ2v) is 7.87. The first kappa shape index (κ1) is 17.5. The fourth-order valence-corrected chi connectivity index (χ4v) is 4.37. The third-order valence-electron chi connectivity index (χ3n) is 4.89. The van der Waals surface area contributed by atoms with Gasteiger partial charge in [0.25, 0.3) is 0 Å². The summed E-state index contributed by atoms with van der Waals surface area (Å²) >= 11 is 1.69. The van der Waals surface area contributed by atoms with Gasteiger partial charge < -0.3 is 5.11 Å². The number of azo groups is 1. The molecule has 0 atom stereocenters. The number of thiazole rings is 1. The Kier molecular flexibility index (Phi) is 4.30. The Bertz CT molecular complexity index is 1370. The maximum absolute atomic E-state index is 10.5. The van der Waals surface area contributed by atoms with Crippen LogP contribution in [0.5, 0.6) is 5.75 Å².